The van der Waals surface area contributed by atoms with Gasteiger partial charge in [-0.1, -0.05) is 103 Å². The van der Waals surface area contributed by atoms with E-state index >= 15 is 0 Å². The Kier molecular flexibility index (Phi) is 11.8. The van der Waals surface area contributed by atoms with E-state index in [0.717, 1.165) is 25.7 Å². The molecule has 0 amide bonds. The number of hydrogen-bond acceptors (Lipinski definition) is 1. The van der Waals surface area contributed by atoms with Crippen molar-refractivity contribution in [2.45, 2.75) is 39.0 Å². The number of carbonyl (C=O) groups excluding carboxylic acids is 1. The molecule has 168 valence electrons. The van der Waals surface area contributed by atoms with Crippen molar-refractivity contribution >= 4 is 5.78 Å². The Morgan fingerprint density at radius 1 is 0.906 bits per heavy atom. The Balaban J connectivity index is 2.01. The van der Waals surface area contributed by atoms with E-state index in [9.17, 15) is 4.79 Å². The minimum atomic E-state index is -0.0145. The molecule has 1 heteroatoms. The van der Waals surface area contributed by atoms with Crippen LogP contribution in [0.2, 0.25) is 0 Å². The summed E-state index contributed by atoms with van der Waals surface area (Å²) in [4.78, 5) is 13.2. The molecule has 1 saturated carbocycles. The first-order chi connectivity index (χ1) is 15.7. The molecule has 2 aliphatic carbocycles. The first kappa shape index (κ1) is 25.3. The zero-order valence-corrected chi connectivity index (χ0v) is 19.5. The second-order valence-electron chi connectivity index (χ2n) is 8.24. The lowest BCUT2D eigenvalue weighted by Crippen LogP contribution is -2.15. The SMILES string of the molecule is C=CC[C@H]1C(=O)[C@@H](C/C=C/C=C/C/C=C\C=C/C)C(C=C)C1/C=C/C=C/C1=CCCC=C1. The predicted octanol–water partition coefficient (Wildman–Crippen LogP) is 8.21. The summed E-state index contributed by atoms with van der Waals surface area (Å²) in [5.41, 5.74) is 1.25. The van der Waals surface area contributed by atoms with Gasteiger partial charge in [0.15, 0.2) is 0 Å². The fourth-order valence-electron chi connectivity index (χ4n) is 4.42. The van der Waals surface area contributed by atoms with Crippen LogP contribution in [-0.2, 0) is 4.79 Å². The van der Waals surface area contributed by atoms with Gasteiger partial charge in [0.05, 0.1) is 0 Å². The molecular weight excluding hydrogens is 388 g/mol. The average molecular weight is 427 g/mol. The summed E-state index contributed by atoms with van der Waals surface area (Å²) < 4.78 is 0. The normalized spacial score (nSPS) is 26.7. The van der Waals surface area contributed by atoms with E-state index in [1.54, 1.807) is 0 Å². The molecule has 2 unspecified atom stereocenters. The van der Waals surface area contributed by atoms with Gasteiger partial charge in [0, 0.05) is 11.8 Å². The first-order valence-electron chi connectivity index (χ1n) is 11.8. The second kappa shape index (κ2) is 15.0. The molecule has 2 aliphatic rings. The monoisotopic (exact) mass is 426 g/mol. The van der Waals surface area contributed by atoms with Crippen molar-refractivity contribution in [3.8, 4) is 0 Å². The molecule has 0 bridgehead atoms. The van der Waals surface area contributed by atoms with Gasteiger partial charge in [-0.2, -0.15) is 0 Å². The number of rotatable bonds is 12. The molecule has 0 aromatic carbocycles. The van der Waals surface area contributed by atoms with Crippen LogP contribution < -0.4 is 0 Å². The highest BCUT2D eigenvalue weighted by Gasteiger charge is 2.45. The van der Waals surface area contributed by atoms with E-state index in [2.05, 4.69) is 86.1 Å². The molecule has 4 atom stereocenters. The van der Waals surface area contributed by atoms with Crippen molar-refractivity contribution in [2.24, 2.45) is 23.7 Å². The van der Waals surface area contributed by atoms with Gasteiger partial charge in [0.25, 0.3) is 0 Å². The average Bonchev–Trinajstić information content (AvgIpc) is 3.06. The lowest BCUT2D eigenvalue weighted by atomic mass is 9.84. The van der Waals surface area contributed by atoms with Crippen LogP contribution in [0.5, 0.6) is 0 Å². The summed E-state index contributed by atoms with van der Waals surface area (Å²) in [6.07, 6.45) is 40.1. The van der Waals surface area contributed by atoms with Crippen molar-refractivity contribution in [3.05, 3.63) is 122 Å². The van der Waals surface area contributed by atoms with Gasteiger partial charge < -0.3 is 0 Å². The molecule has 0 heterocycles. The first-order valence-corrected chi connectivity index (χ1v) is 11.8. The molecular formula is C31H38O. The molecule has 0 N–H and O–H groups in total. The maximum atomic E-state index is 13.2. The van der Waals surface area contributed by atoms with E-state index in [-0.39, 0.29) is 23.7 Å². The highest BCUT2D eigenvalue weighted by molar-refractivity contribution is 5.87. The van der Waals surface area contributed by atoms with Gasteiger partial charge in [-0.15, -0.1) is 13.2 Å². The molecule has 0 aliphatic heterocycles. The van der Waals surface area contributed by atoms with Gasteiger partial charge in [-0.25, -0.2) is 0 Å². The van der Waals surface area contributed by atoms with Gasteiger partial charge in [-0.05, 0) is 56.4 Å². The quantitative estimate of drug-likeness (QED) is 0.227. The molecule has 1 nitrogen and oxygen atoms in total. The van der Waals surface area contributed by atoms with E-state index in [1.165, 1.54) is 5.57 Å². The second-order valence-corrected chi connectivity index (χ2v) is 8.24. The van der Waals surface area contributed by atoms with Crippen molar-refractivity contribution < 1.29 is 4.79 Å². The number of carbonyl (C=O) groups is 1. The third-order valence-corrected chi connectivity index (χ3v) is 6.04. The van der Waals surface area contributed by atoms with Crippen LogP contribution in [0.15, 0.2) is 122 Å². The molecule has 0 radical (unpaired) electrons. The molecule has 32 heavy (non-hydrogen) atoms. The molecule has 0 saturated heterocycles. The molecule has 1 fully saturated rings. The highest BCUT2D eigenvalue weighted by atomic mass is 16.1. The predicted molar refractivity (Wildman–Crippen MR) is 140 cm³/mol. The smallest absolute Gasteiger partial charge is 0.140 e. The third-order valence-electron chi connectivity index (χ3n) is 6.04. The lowest BCUT2D eigenvalue weighted by Gasteiger charge is -2.18. The van der Waals surface area contributed by atoms with Crippen molar-refractivity contribution in [3.63, 3.8) is 0 Å². The third kappa shape index (κ3) is 7.96. The maximum absolute atomic E-state index is 13.2. The summed E-state index contributed by atoms with van der Waals surface area (Å²) in [6, 6.07) is 0. The van der Waals surface area contributed by atoms with E-state index in [1.807, 2.05) is 37.3 Å². The maximum Gasteiger partial charge on any atom is 0.140 e. The Morgan fingerprint density at radius 3 is 2.34 bits per heavy atom. The fraction of sp³-hybridized carbons (Fsp3) is 0.323. The van der Waals surface area contributed by atoms with Gasteiger partial charge >= 0.3 is 0 Å². The number of Topliss-reactive ketones (excluding diaryl/α,β-unsaturated/α-hetero) is 1. The van der Waals surface area contributed by atoms with Crippen LogP contribution >= 0.6 is 0 Å². The van der Waals surface area contributed by atoms with E-state index < -0.39 is 0 Å². The van der Waals surface area contributed by atoms with Crippen molar-refractivity contribution in [1.82, 2.24) is 0 Å². The number of allylic oxidation sites excluding steroid dienone is 18. The number of hydrogen-bond donors (Lipinski definition) is 0. The molecule has 0 aromatic heterocycles. The van der Waals surface area contributed by atoms with Crippen LogP contribution in [0.25, 0.3) is 0 Å². The molecule has 0 spiro atoms. The topological polar surface area (TPSA) is 17.1 Å². The highest BCUT2D eigenvalue weighted by Crippen LogP contribution is 2.44. The summed E-state index contributed by atoms with van der Waals surface area (Å²) >= 11 is 0. The Morgan fingerprint density at radius 2 is 1.66 bits per heavy atom. The van der Waals surface area contributed by atoms with Crippen LogP contribution in [0.3, 0.4) is 0 Å². The lowest BCUT2D eigenvalue weighted by molar-refractivity contribution is -0.124. The largest absolute Gasteiger partial charge is 0.299 e. The Labute approximate surface area is 195 Å². The van der Waals surface area contributed by atoms with E-state index in [0.29, 0.717) is 12.2 Å². The number of ketones is 1. The Bertz CT molecular complexity index is 853. The summed E-state index contributed by atoms with van der Waals surface area (Å²) in [7, 11) is 0. The van der Waals surface area contributed by atoms with Gasteiger partial charge in [0.2, 0.25) is 0 Å². The van der Waals surface area contributed by atoms with Crippen molar-refractivity contribution in [1.29, 1.82) is 0 Å². The van der Waals surface area contributed by atoms with Crippen LogP contribution in [0.4, 0.5) is 0 Å². The molecule has 0 aromatic rings. The van der Waals surface area contributed by atoms with Gasteiger partial charge in [0.1, 0.15) is 5.78 Å². The van der Waals surface area contributed by atoms with Gasteiger partial charge in [-0.3, -0.25) is 4.79 Å². The zero-order chi connectivity index (χ0) is 23.0. The Hall–Kier alpha value is -2.93. The van der Waals surface area contributed by atoms with Crippen LogP contribution in [0, 0.1) is 23.7 Å². The van der Waals surface area contributed by atoms with E-state index in [4.69, 9.17) is 0 Å². The summed E-state index contributed by atoms with van der Waals surface area (Å²) in [5.74, 6) is 0.640. The van der Waals surface area contributed by atoms with Crippen LogP contribution in [0.1, 0.15) is 39.0 Å². The minimum absolute atomic E-state index is 0.0142. The fourth-order valence-corrected chi connectivity index (χ4v) is 4.42. The standard InChI is InChI=1S/C31H38O/c1-4-7-8-9-10-11-12-13-17-25-30-27(6-3)28(29(20-5-2)31(30)32)24-19-18-23-26-21-15-14-16-22-26/h4-9,11-13,15,17-19,21-24,27-30H,2-3,10,14,16,20,25H2,1H3/b7-4-,9-8-,12-11+,17-13+,23-18+,24-19+/t27?,28?,29-,30+/m1/s1. The van der Waals surface area contributed by atoms with Crippen LogP contribution in [-0.4, -0.2) is 5.78 Å². The zero-order valence-electron chi connectivity index (χ0n) is 19.5. The summed E-state index contributed by atoms with van der Waals surface area (Å²) in [6.45, 7) is 9.96. The minimum Gasteiger partial charge on any atom is -0.299 e. The summed E-state index contributed by atoms with van der Waals surface area (Å²) in [5, 5.41) is 0. The van der Waals surface area contributed by atoms with Crippen molar-refractivity contribution in [2.75, 3.05) is 0 Å². The molecule has 2 rings (SSSR count).